The van der Waals surface area contributed by atoms with E-state index < -0.39 is 6.04 Å². The number of rotatable bonds is 3. The second-order valence-corrected chi connectivity index (χ2v) is 5.26. The van der Waals surface area contributed by atoms with Crippen molar-refractivity contribution in [2.75, 3.05) is 11.4 Å². The molecule has 1 atom stereocenters. The normalized spacial score (nSPS) is 17.8. The highest BCUT2D eigenvalue weighted by Crippen LogP contribution is 2.35. The minimum Gasteiger partial charge on any atom is -0.352 e. The molecule has 0 bridgehead atoms. The molecule has 0 aromatic heterocycles. The van der Waals surface area contributed by atoms with E-state index in [0.717, 1.165) is 0 Å². The van der Waals surface area contributed by atoms with Crippen LogP contribution in [0.3, 0.4) is 0 Å². The minimum absolute atomic E-state index is 0.0284. The predicted octanol–water partition coefficient (Wildman–Crippen LogP) is 1.21. The van der Waals surface area contributed by atoms with Gasteiger partial charge in [0.2, 0.25) is 11.8 Å². The van der Waals surface area contributed by atoms with Gasteiger partial charge in [0.1, 0.15) is 12.6 Å². The zero-order valence-electron chi connectivity index (χ0n) is 10.8. The highest BCUT2D eigenvalue weighted by molar-refractivity contribution is 6.31. The van der Waals surface area contributed by atoms with Crippen LogP contribution in [0.4, 0.5) is 5.69 Å². The van der Waals surface area contributed by atoms with Gasteiger partial charge in [0, 0.05) is 22.3 Å². The van der Waals surface area contributed by atoms with Gasteiger partial charge in [0.15, 0.2) is 0 Å². The molecule has 0 spiro atoms. The van der Waals surface area contributed by atoms with Gasteiger partial charge in [-0.25, -0.2) is 0 Å². The van der Waals surface area contributed by atoms with Crippen LogP contribution in [0.25, 0.3) is 0 Å². The first-order valence-electron chi connectivity index (χ1n) is 6.06. The number of carbonyl (C=O) groups is 2. The molecule has 0 fully saturated rings. The van der Waals surface area contributed by atoms with E-state index in [4.69, 9.17) is 17.3 Å². The lowest BCUT2D eigenvalue weighted by Crippen LogP contribution is -2.42. The summed E-state index contributed by atoms with van der Waals surface area (Å²) in [5.74, 6) is -0.491. The van der Waals surface area contributed by atoms with E-state index in [1.54, 1.807) is 18.2 Å². The van der Waals surface area contributed by atoms with E-state index in [9.17, 15) is 9.59 Å². The topological polar surface area (TPSA) is 75.4 Å². The molecule has 6 heteroatoms. The average molecular weight is 282 g/mol. The quantitative estimate of drug-likeness (QED) is 0.874. The standard InChI is InChI=1S/C13H16ClN3O2/c1-7(2)16-11(18)6-17-10-4-3-8(14)5-9(10)12(15)13(17)19/h3-5,7,12H,6,15H2,1-2H3,(H,16,18). The van der Waals surface area contributed by atoms with Gasteiger partial charge in [0.25, 0.3) is 0 Å². The summed E-state index contributed by atoms with van der Waals surface area (Å²) in [6.07, 6.45) is 0. The first kappa shape index (κ1) is 13.8. The van der Waals surface area contributed by atoms with E-state index in [1.807, 2.05) is 13.8 Å². The molecule has 2 rings (SSSR count). The first-order valence-corrected chi connectivity index (χ1v) is 6.43. The molecule has 1 aliphatic heterocycles. The maximum atomic E-state index is 12.1. The molecule has 3 N–H and O–H groups in total. The molecule has 1 aromatic carbocycles. The van der Waals surface area contributed by atoms with Gasteiger partial charge in [-0.05, 0) is 32.0 Å². The van der Waals surface area contributed by atoms with E-state index in [-0.39, 0.29) is 24.4 Å². The van der Waals surface area contributed by atoms with Gasteiger partial charge < -0.3 is 16.0 Å². The number of nitrogens with one attached hydrogen (secondary N) is 1. The van der Waals surface area contributed by atoms with Gasteiger partial charge >= 0.3 is 0 Å². The molecule has 19 heavy (non-hydrogen) atoms. The van der Waals surface area contributed by atoms with Crippen LogP contribution >= 0.6 is 11.6 Å². The number of amides is 2. The molecule has 102 valence electrons. The number of nitrogens with two attached hydrogens (primary N) is 1. The molecule has 5 nitrogen and oxygen atoms in total. The van der Waals surface area contributed by atoms with Crippen LogP contribution in [-0.4, -0.2) is 24.4 Å². The molecule has 1 unspecified atom stereocenters. The summed E-state index contributed by atoms with van der Waals surface area (Å²) in [5, 5.41) is 3.27. The van der Waals surface area contributed by atoms with Crippen LogP contribution in [-0.2, 0) is 9.59 Å². The number of anilines is 1. The van der Waals surface area contributed by atoms with E-state index >= 15 is 0 Å². The zero-order chi connectivity index (χ0) is 14.2. The van der Waals surface area contributed by atoms with Gasteiger partial charge in [-0.2, -0.15) is 0 Å². The van der Waals surface area contributed by atoms with Gasteiger partial charge in [-0.15, -0.1) is 0 Å². The third-order valence-corrected chi connectivity index (χ3v) is 3.13. The van der Waals surface area contributed by atoms with Crippen molar-refractivity contribution in [3.8, 4) is 0 Å². The number of carbonyl (C=O) groups excluding carboxylic acids is 2. The van der Waals surface area contributed by atoms with Crippen LogP contribution in [0.2, 0.25) is 5.02 Å². The van der Waals surface area contributed by atoms with Crippen molar-refractivity contribution in [3.05, 3.63) is 28.8 Å². The SMILES string of the molecule is CC(C)NC(=O)CN1C(=O)C(N)c2cc(Cl)ccc21. The highest BCUT2D eigenvalue weighted by Gasteiger charge is 2.35. The van der Waals surface area contributed by atoms with Crippen LogP contribution in [0.15, 0.2) is 18.2 Å². The Kier molecular flexibility index (Phi) is 3.78. The summed E-state index contributed by atoms with van der Waals surface area (Å²) in [7, 11) is 0. The van der Waals surface area contributed by atoms with Crippen LogP contribution in [0.5, 0.6) is 0 Å². The number of halogens is 1. The molecule has 1 heterocycles. The Labute approximate surface area is 116 Å². The molecule has 0 saturated heterocycles. The van der Waals surface area contributed by atoms with Crippen molar-refractivity contribution in [1.29, 1.82) is 0 Å². The smallest absolute Gasteiger partial charge is 0.249 e. The number of hydrogen-bond donors (Lipinski definition) is 2. The van der Waals surface area contributed by atoms with Gasteiger partial charge in [0.05, 0.1) is 0 Å². The Balaban J connectivity index is 2.24. The molecular formula is C13H16ClN3O2. The summed E-state index contributed by atoms with van der Waals surface area (Å²) < 4.78 is 0. The van der Waals surface area contributed by atoms with Crippen molar-refractivity contribution in [3.63, 3.8) is 0 Å². The van der Waals surface area contributed by atoms with Crippen molar-refractivity contribution in [1.82, 2.24) is 5.32 Å². The Morgan fingerprint density at radius 2 is 2.21 bits per heavy atom. The van der Waals surface area contributed by atoms with E-state index in [2.05, 4.69) is 5.32 Å². The monoisotopic (exact) mass is 281 g/mol. The third kappa shape index (κ3) is 2.72. The average Bonchev–Trinajstić information content (AvgIpc) is 2.53. The largest absolute Gasteiger partial charge is 0.352 e. The summed E-state index contributed by atoms with van der Waals surface area (Å²) in [6, 6.07) is 4.34. The second kappa shape index (κ2) is 5.19. The van der Waals surface area contributed by atoms with Gasteiger partial charge in [-0.3, -0.25) is 9.59 Å². The lowest BCUT2D eigenvalue weighted by molar-refractivity contribution is -0.124. The number of benzene rings is 1. The first-order chi connectivity index (χ1) is 8.90. The van der Waals surface area contributed by atoms with E-state index in [0.29, 0.717) is 16.3 Å². The van der Waals surface area contributed by atoms with Crippen molar-refractivity contribution in [2.45, 2.75) is 25.9 Å². The number of nitrogens with zero attached hydrogens (tertiary/aromatic N) is 1. The Bertz CT molecular complexity index is 531. The van der Waals surface area contributed by atoms with Crippen LogP contribution in [0, 0.1) is 0 Å². The highest BCUT2D eigenvalue weighted by atomic mass is 35.5. The predicted molar refractivity (Wildman–Crippen MR) is 74.0 cm³/mol. The maximum absolute atomic E-state index is 12.1. The third-order valence-electron chi connectivity index (χ3n) is 2.90. The summed E-state index contributed by atoms with van der Waals surface area (Å²) >= 11 is 5.89. The van der Waals surface area contributed by atoms with Crippen molar-refractivity contribution in [2.24, 2.45) is 5.73 Å². The summed E-state index contributed by atoms with van der Waals surface area (Å²) in [6.45, 7) is 3.70. The Morgan fingerprint density at radius 3 is 2.84 bits per heavy atom. The van der Waals surface area contributed by atoms with E-state index in [1.165, 1.54) is 4.90 Å². The van der Waals surface area contributed by atoms with Gasteiger partial charge in [-0.1, -0.05) is 11.6 Å². The summed E-state index contributed by atoms with van der Waals surface area (Å²) in [5.41, 5.74) is 7.16. The van der Waals surface area contributed by atoms with Crippen LogP contribution in [0.1, 0.15) is 25.5 Å². The number of fused-ring (bicyclic) bond motifs is 1. The molecule has 0 saturated carbocycles. The fourth-order valence-corrected chi connectivity index (χ4v) is 2.29. The molecule has 0 radical (unpaired) electrons. The van der Waals surface area contributed by atoms with Crippen molar-refractivity contribution < 1.29 is 9.59 Å². The number of hydrogen-bond acceptors (Lipinski definition) is 3. The molecule has 1 aliphatic rings. The molecule has 0 aliphatic carbocycles. The van der Waals surface area contributed by atoms with Crippen molar-refractivity contribution >= 4 is 29.1 Å². The maximum Gasteiger partial charge on any atom is 0.249 e. The zero-order valence-corrected chi connectivity index (χ0v) is 11.6. The minimum atomic E-state index is -0.749. The molecular weight excluding hydrogens is 266 g/mol. The summed E-state index contributed by atoms with van der Waals surface area (Å²) in [4.78, 5) is 25.2. The Morgan fingerprint density at radius 1 is 1.53 bits per heavy atom. The molecule has 1 aromatic rings. The fourth-order valence-electron chi connectivity index (χ4n) is 2.11. The fraction of sp³-hybridized carbons (Fsp3) is 0.385. The lowest BCUT2D eigenvalue weighted by Gasteiger charge is -2.18. The molecule has 2 amide bonds. The Hall–Kier alpha value is -1.59. The lowest BCUT2D eigenvalue weighted by atomic mass is 10.1. The second-order valence-electron chi connectivity index (χ2n) is 4.83. The van der Waals surface area contributed by atoms with Crippen LogP contribution < -0.4 is 16.0 Å².